The third kappa shape index (κ3) is 4.41. The van der Waals surface area contributed by atoms with Gasteiger partial charge in [0.15, 0.2) is 0 Å². The molecule has 4 heteroatoms. The van der Waals surface area contributed by atoms with Crippen LogP contribution in [0.3, 0.4) is 0 Å². The van der Waals surface area contributed by atoms with Gasteiger partial charge in [-0.15, -0.1) is 0 Å². The van der Waals surface area contributed by atoms with E-state index in [9.17, 15) is 4.39 Å². The molecule has 0 aliphatic carbocycles. The highest BCUT2D eigenvalue weighted by molar-refractivity contribution is 7.98. The van der Waals surface area contributed by atoms with E-state index in [4.69, 9.17) is 17.3 Å². The van der Waals surface area contributed by atoms with E-state index in [1.165, 1.54) is 12.1 Å². The molecule has 0 amide bonds. The average Bonchev–Trinajstić information content (AvgIpc) is 2.23. The fourth-order valence-corrected chi connectivity index (χ4v) is 2.47. The fourth-order valence-electron chi connectivity index (χ4n) is 1.09. The first-order valence-corrected chi connectivity index (χ1v) is 6.38. The topological polar surface area (TPSA) is 26.0 Å². The van der Waals surface area contributed by atoms with Crippen molar-refractivity contribution in [3.05, 3.63) is 34.6 Å². The molecule has 1 atom stereocenters. The summed E-state index contributed by atoms with van der Waals surface area (Å²) < 4.78 is 12.9. The first kappa shape index (κ1) is 12.8. The van der Waals surface area contributed by atoms with Crippen LogP contribution in [0.1, 0.15) is 12.5 Å². The van der Waals surface area contributed by atoms with Gasteiger partial charge in [-0.3, -0.25) is 0 Å². The molecule has 0 saturated carbocycles. The van der Waals surface area contributed by atoms with E-state index < -0.39 is 0 Å². The molecule has 1 aromatic carbocycles. The maximum Gasteiger partial charge on any atom is 0.123 e. The van der Waals surface area contributed by atoms with Crippen LogP contribution in [-0.4, -0.2) is 12.3 Å². The number of hydrogen-bond acceptors (Lipinski definition) is 2. The zero-order valence-electron chi connectivity index (χ0n) is 8.67. The lowest BCUT2D eigenvalue weighted by Gasteiger charge is -2.08. The fraction of sp³-hybridized carbons (Fsp3) is 0.455. The second-order valence-corrected chi connectivity index (χ2v) is 5.03. The van der Waals surface area contributed by atoms with Crippen LogP contribution >= 0.6 is 23.4 Å². The standard InChI is InChI=1S/C11H15ClFNS/c1-8(5-14)6-15-7-9-4-10(13)2-3-11(9)12/h2-4,8H,5-7,14H2,1H3. The van der Waals surface area contributed by atoms with Gasteiger partial charge in [-0.25, -0.2) is 4.39 Å². The highest BCUT2D eigenvalue weighted by atomic mass is 35.5. The zero-order valence-corrected chi connectivity index (χ0v) is 10.2. The van der Waals surface area contributed by atoms with Crippen LogP contribution in [0.4, 0.5) is 4.39 Å². The van der Waals surface area contributed by atoms with E-state index in [1.807, 2.05) is 0 Å². The number of hydrogen-bond donors (Lipinski definition) is 1. The summed E-state index contributed by atoms with van der Waals surface area (Å²) in [6.45, 7) is 2.78. The van der Waals surface area contributed by atoms with Crippen molar-refractivity contribution in [1.29, 1.82) is 0 Å². The molecule has 0 aliphatic rings. The van der Waals surface area contributed by atoms with Gasteiger partial charge in [0, 0.05) is 10.8 Å². The maximum absolute atomic E-state index is 12.9. The Morgan fingerprint density at radius 2 is 2.27 bits per heavy atom. The molecule has 1 aromatic rings. The molecule has 0 radical (unpaired) electrons. The Labute approximate surface area is 99.2 Å². The molecule has 0 aromatic heterocycles. The van der Waals surface area contributed by atoms with Gasteiger partial charge in [0.1, 0.15) is 5.82 Å². The van der Waals surface area contributed by atoms with Gasteiger partial charge >= 0.3 is 0 Å². The van der Waals surface area contributed by atoms with Crippen molar-refractivity contribution in [2.24, 2.45) is 11.7 Å². The predicted molar refractivity (Wildman–Crippen MR) is 65.8 cm³/mol. The Bertz CT molecular complexity index is 319. The van der Waals surface area contributed by atoms with Crippen molar-refractivity contribution in [3.63, 3.8) is 0 Å². The highest BCUT2D eigenvalue weighted by Gasteiger charge is 2.04. The van der Waals surface area contributed by atoms with E-state index in [0.717, 1.165) is 17.1 Å². The second-order valence-electron chi connectivity index (χ2n) is 3.59. The van der Waals surface area contributed by atoms with Crippen LogP contribution < -0.4 is 5.73 Å². The molecular formula is C11H15ClFNS. The molecule has 1 unspecified atom stereocenters. The van der Waals surface area contributed by atoms with E-state index >= 15 is 0 Å². The molecule has 0 bridgehead atoms. The van der Waals surface area contributed by atoms with Gasteiger partial charge < -0.3 is 5.73 Å². The Kier molecular flexibility index (Phi) is 5.43. The van der Waals surface area contributed by atoms with Gasteiger partial charge in [-0.1, -0.05) is 18.5 Å². The maximum atomic E-state index is 12.9. The number of halogens is 2. The highest BCUT2D eigenvalue weighted by Crippen LogP contribution is 2.23. The first-order chi connectivity index (χ1) is 7.13. The zero-order chi connectivity index (χ0) is 11.3. The SMILES string of the molecule is CC(CN)CSCc1cc(F)ccc1Cl. The summed E-state index contributed by atoms with van der Waals surface area (Å²) in [5.41, 5.74) is 6.36. The van der Waals surface area contributed by atoms with Crippen molar-refractivity contribution in [1.82, 2.24) is 0 Å². The number of thioether (sulfide) groups is 1. The minimum atomic E-state index is -0.234. The molecule has 0 heterocycles. The molecule has 0 spiro atoms. The smallest absolute Gasteiger partial charge is 0.123 e. The first-order valence-electron chi connectivity index (χ1n) is 4.85. The third-order valence-corrected chi connectivity index (χ3v) is 3.76. The molecule has 2 N–H and O–H groups in total. The summed E-state index contributed by atoms with van der Waals surface area (Å²) in [6, 6.07) is 4.46. The van der Waals surface area contributed by atoms with Gasteiger partial charge in [-0.2, -0.15) is 11.8 Å². The molecule has 84 valence electrons. The van der Waals surface area contributed by atoms with Crippen molar-refractivity contribution < 1.29 is 4.39 Å². The number of rotatable bonds is 5. The summed E-state index contributed by atoms with van der Waals surface area (Å²) in [6.07, 6.45) is 0. The van der Waals surface area contributed by atoms with Gasteiger partial charge in [0.05, 0.1) is 0 Å². The Hall–Kier alpha value is -0.250. The normalized spacial score (nSPS) is 12.8. The summed E-state index contributed by atoms with van der Waals surface area (Å²) >= 11 is 7.67. The number of nitrogens with two attached hydrogens (primary N) is 1. The quantitative estimate of drug-likeness (QED) is 0.864. The molecule has 0 aliphatic heterocycles. The van der Waals surface area contributed by atoms with E-state index in [0.29, 0.717) is 17.5 Å². The Morgan fingerprint density at radius 3 is 2.93 bits per heavy atom. The Morgan fingerprint density at radius 1 is 1.53 bits per heavy atom. The van der Waals surface area contributed by atoms with Crippen LogP contribution in [-0.2, 0) is 5.75 Å². The van der Waals surface area contributed by atoms with Crippen LogP contribution in [0.5, 0.6) is 0 Å². The third-order valence-electron chi connectivity index (χ3n) is 2.07. The van der Waals surface area contributed by atoms with Crippen molar-refractivity contribution in [3.8, 4) is 0 Å². The summed E-state index contributed by atoms with van der Waals surface area (Å²) in [4.78, 5) is 0. The number of benzene rings is 1. The summed E-state index contributed by atoms with van der Waals surface area (Å²) in [7, 11) is 0. The van der Waals surface area contributed by atoms with Crippen LogP contribution in [0.2, 0.25) is 5.02 Å². The Balaban J connectivity index is 2.46. The second kappa shape index (κ2) is 6.36. The molecule has 0 fully saturated rings. The summed E-state index contributed by atoms with van der Waals surface area (Å²) in [5.74, 6) is 1.97. The largest absolute Gasteiger partial charge is 0.330 e. The predicted octanol–water partition coefficient (Wildman–Crippen LogP) is 3.31. The molecule has 15 heavy (non-hydrogen) atoms. The van der Waals surface area contributed by atoms with Crippen molar-refractivity contribution in [2.75, 3.05) is 12.3 Å². The van der Waals surface area contributed by atoms with E-state index in [2.05, 4.69) is 6.92 Å². The molecule has 0 saturated heterocycles. The van der Waals surface area contributed by atoms with Crippen LogP contribution in [0.25, 0.3) is 0 Å². The molecule has 1 rings (SSSR count). The lowest BCUT2D eigenvalue weighted by molar-refractivity contribution is 0.626. The van der Waals surface area contributed by atoms with Gasteiger partial charge in [0.25, 0.3) is 0 Å². The van der Waals surface area contributed by atoms with Crippen LogP contribution in [0.15, 0.2) is 18.2 Å². The van der Waals surface area contributed by atoms with Crippen LogP contribution in [0, 0.1) is 11.7 Å². The lowest BCUT2D eigenvalue weighted by atomic mass is 10.2. The minimum Gasteiger partial charge on any atom is -0.330 e. The van der Waals surface area contributed by atoms with Gasteiger partial charge in [0.2, 0.25) is 0 Å². The van der Waals surface area contributed by atoms with E-state index in [-0.39, 0.29) is 5.82 Å². The molecular weight excluding hydrogens is 233 g/mol. The molecule has 1 nitrogen and oxygen atoms in total. The lowest BCUT2D eigenvalue weighted by Crippen LogP contribution is -2.12. The summed E-state index contributed by atoms with van der Waals surface area (Å²) in [5, 5.41) is 0.629. The average molecular weight is 248 g/mol. The van der Waals surface area contributed by atoms with Gasteiger partial charge in [-0.05, 0) is 42.0 Å². The van der Waals surface area contributed by atoms with Crippen molar-refractivity contribution in [2.45, 2.75) is 12.7 Å². The van der Waals surface area contributed by atoms with Crippen molar-refractivity contribution >= 4 is 23.4 Å². The minimum absolute atomic E-state index is 0.234. The van der Waals surface area contributed by atoms with E-state index in [1.54, 1.807) is 17.8 Å². The monoisotopic (exact) mass is 247 g/mol.